The first-order valence-electron chi connectivity index (χ1n) is 9.72. The highest BCUT2D eigenvalue weighted by Gasteiger charge is 2.39. The molecule has 3 heterocycles. The van der Waals surface area contributed by atoms with Gasteiger partial charge in [0.15, 0.2) is 0 Å². The highest BCUT2D eigenvalue weighted by molar-refractivity contribution is 6.30. The largest absolute Gasteiger partial charge is 0.341 e. The lowest BCUT2D eigenvalue weighted by Crippen LogP contribution is -2.56. The summed E-state index contributed by atoms with van der Waals surface area (Å²) in [6.07, 6.45) is 5.68. The summed E-state index contributed by atoms with van der Waals surface area (Å²) in [6.45, 7) is 1.67. The second kappa shape index (κ2) is 7.87. The number of nitrogens with zero attached hydrogens (tertiary/aromatic N) is 4. The van der Waals surface area contributed by atoms with Gasteiger partial charge in [-0.1, -0.05) is 11.6 Å². The molecule has 1 atom stereocenters. The maximum absolute atomic E-state index is 13.0. The maximum Gasteiger partial charge on any atom is 0.318 e. The monoisotopic (exact) mass is 404 g/mol. The number of carbonyl (C=O) groups excluding carboxylic acids is 2. The first-order valence-corrected chi connectivity index (χ1v) is 10.1. The summed E-state index contributed by atoms with van der Waals surface area (Å²) in [5, 5.41) is 10.8. The van der Waals surface area contributed by atoms with Crippen LogP contribution in [-0.2, 0) is 6.54 Å². The normalized spacial score (nSPS) is 19.5. The Hall–Kier alpha value is -2.48. The number of nitrogens with one attached hydrogen (secondary N) is 2. The topological polar surface area (TPSA) is 82.0 Å². The number of piperidine rings is 1. The van der Waals surface area contributed by atoms with Crippen molar-refractivity contribution in [2.24, 2.45) is 0 Å². The Labute approximate surface area is 168 Å². The Balaban J connectivity index is 1.41. The fourth-order valence-corrected chi connectivity index (χ4v) is 4.04. The van der Waals surface area contributed by atoms with Crippen molar-refractivity contribution >= 4 is 29.2 Å². The Morgan fingerprint density at radius 1 is 1.29 bits per heavy atom. The van der Waals surface area contributed by atoms with Crippen molar-refractivity contribution in [3.8, 4) is 0 Å². The molecule has 2 fully saturated rings. The second-order valence-electron chi connectivity index (χ2n) is 7.44. The SMILES string of the molecule is CNC(=O)N1CCCC(N(C(=O)NCc2cc3cc(Cl)ccn3n2)C2CC2)C1. The van der Waals surface area contributed by atoms with Gasteiger partial charge in [0.1, 0.15) is 0 Å². The number of fused-ring (bicyclic) bond motifs is 1. The van der Waals surface area contributed by atoms with E-state index < -0.39 is 0 Å². The lowest BCUT2D eigenvalue weighted by Gasteiger charge is -2.39. The molecule has 1 saturated heterocycles. The van der Waals surface area contributed by atoms with Crippen LogP contribution < -0.4 is 10.6 Å². The number of pyridine rings is 1. The number of likely N-dealkylation sites (tertiary alicyclic amines) is 1. The van der Waals surface area contributed by atoms with Crippen molar-refractivity contribution in [3.05, 3.63) is 35.1 Å². The quantitative estimate of drug-likeness (QED) is 0.821. The molecule has 2 aliphatic rings. The fourth-order valence-electron chi connectivity index (χ4n) is 3.87. The summed E-state index contributed by atoms with van der Waals surface area (Å²) in [5.41, 5.74) is 1.67. The summed E-state index contributed by atoms with van der Waals surface area (Å²) in [4.78, 5) is 28.7. The minimum atomic E-state index is -0.0821. The minimum Gasteiger partial charge on any atom is -0.341 e. The zero-order chi connectivity index (χ0) is 19.7. The van der Waals surface area contributed by atoms with Gasteiger partial charge in [0.05, 0.1) is 23.8 Å². The molecule has 1 unspecified atom stereocenters. The number of amides is 4. The van der Waals surface area contributed by atoms with Crippen molar-refractivity contribution in [3.63, 3.8) is 0 Å². The molecule has 2 aromatic rings. The van der Waals surface area contributed by atoms with E-state index in [4.69, 9.17) is 11.6 Å². The highest BCUT2D eigenvalue weighted by Crippen LogP contribution is 2.31. The Kier molecular flexibility index (Phi) is 5.30. The van der Waals surface area contributed by atoms with Gasteiger partial charge in [-0.3, -0.25) is 0 Å². The van der Waals surface area contributed by atoms with Gasteiger partial charge < -0.3 is 20.4 Å². The van der Waals surface area contributed by atoms with E-state index in [9.17, 15) is 9.59 Å². The number of carbonyl (C=O) groups is 2. The molecule has 1 aliphatic carbocycles. The van der Waals surface area contributed by atoms with Gasteiger partial charge >= 0.3 is 12.1 Å². The van der Waals surface area contributed by atoms with Gasteiger partial charge in [-0.15, -0.1) is 0 Å². The Morgan fingerprint density at radius 2 is 2.11 bits per heavy atom. The average molecular weight is 405 g/mol. The van der Waals surface area contributed by atoms with E-state index in [-0.39, 0.29) is 24.1 Å². The van der Waals surface area contributed by atoms with Gasteiger partial charge in [0, 0.05) is 37.4 Å². The van der Waals surface area contributed by atoms with Crippen LogP contribution >= 0.6 is 11.6 Å². The molecule has 1 saturated carbocycles. The average Bonchev–Trinajstić information content (AvgIpc) is 3.44. The number of hydrogen-bond acceptors (Lipinski definition) is 3. The van der Waals surface area contributed by atoms with Crippen molar-refractivity contribution in [1.29, 1.82) is 0 Å². The van der Waals surface area contributed by atoms with Gasteiger partial charge in [-0.25, -0.2) is 14.1 Å². The lowest BCUT2D eigenvalue weighted by atomic mass is 10.0. The Morgan fingerprint density at radius 3 is 2.86 bits per heavy atom. The number of rotatable bonds is 4. The minimum absolute atomic E-state index is 0.0541. The number of hydrogen-bond donors (Lipinski definition) is 2. The molecule has 150 valence electrons. The predicted octanol–water partition coefficient (Wildman–Crippen LogP) is 2.47. The maximum atomic E-state index is 13.0. The molecule has 4 rings (SSSR count). The van der Waals surface area contributed by atoms with Gasteiger partial charge in [0.2, 0.25) is 0 Å². The first kappa shape index (κ1) is 18.9. The molecule has 1 aliphatic heterocycles. The molecule has 0 spiro atoms. The van der Waals surface area contributed by atoms with Crippen LogP contribution in [0.1, 0.15) is 31.4 Å². The number of urea groups is 2. The van der Waals surface area contributed by atoms with E-state index in [1.807, 2.05) is 17.0 Å². The van der Waals surface area contributed by atoms with Crippen molar-refractivity contribution in [1.82, 2.24) is 30.0 Å². The van der Waals surface area contributed by atoms with Crippen molar-refractivity contribution in [2.75, 3.05) is 20.1 Å². The molecule has 0 radical (unpaired) electrons. The standard InChI is InChI=1S/C19H25ClN6O2/c1-21-18(27)24-7-2-3-16(12-24)26(15-4-5-15)19(28)22-11-14-10-17-9-13(20)6-8-25(17)23-14/h6,8-10,15-16H,2-5,7,11-12H2,1H3,(H,21,27)(H,22,28). The van der Waals surface area contributed by atoms with E-state index in [1.54, 1.807) is 28.7 Å². The van der Waals surface area contributed by atoms with Crippen LogP contribution in [0.15, 0.2) is 24.4 Å². The van der Waals surface area contributed by atoms with Crippen LogP contribution in [0.4, 0.5) is 9.59 Å². The second-order valence-corrected chi connectivity index (χ2v) is 7.88. The van der Waals surface area contributed by atoms with Crippen molar-refractivity contribution < 1.29 is 9.59 Å². The fraction of sp³-hybridized carbons (Fsp3) is 0.526. The highest BCUT2D eigenvalue weighted by atomic mass is 35.5. The van der Waals surface area contributed by atoms with Gasteiger partial charge in [-0.05, 0) is 43.9 Å². The molecule has 28 heavy (non-hydrogen) atoms. The zero-order valence-electron chi connectivity index (χ0n) is 15.9. The molecular weight excluding hydrogens is 380 g/mol. The summed E-state index contributed by atoms with van der Waals surface area (Å²) < 4.78 is 1.74. The van der Waals surface area contributed by atoms with Crippen LogP contribution in [0.5, 0.6) is 0 Å². The van der Waals surface area contributed by atoms with Crippen LogP contribution in [-0.4, -0.2) is 63.7 Å². The van der Waals surface area contributed by atoms with Crippen molar-refractivity contribution in [2.45, 2.75) is 44.3 Å². The van der Waals surface area contributed by atoms with Crippen LogP contribution in [0.2, 0.25) is 5.02 Å². The predicted molar refractivity (Wildman–Crippen MR) is 106 cm³/mol. The van der Waals surface area contributed by atoms with E-state index in [0.29, 0.717) is 18.1 Å². The summed E-state index contributed by atoms with van der Waals surface area (Å²) >= 11 is 6.02. The molecule has 2 aromatic heterocycles. The number of aromatic nitrogens is 2. The lowest BCUT2D eigenvalue weighted by molar-refractivity contribution is 0.116. The van der Waals surface area contributed by atoms with Gasteiger partial charge in [-0.2, -0.15) is 5.10 Å². The third kappa shape index (κ3) is 4.01. The summed E-state index contributed by atoms with van der Waals surface area (Å²) in [7, 11) is 1.64. The zero-order valence-corrected chi connectivity index (χ0v) is 16.7. The van der Waals surface area contributed by atoms with Crippen LogP contribution in [0, 0.1) is 0 Å². The third-order valence-electron chi connectivity index (χ3n) is 5.36. The first-order chi connectivity index (χ1) is 13.5. The summed E-state index contributed by atoms with van der Waals surface area (Å²) in [6, 6.07) is 5.70. The number of halogens is 1. The molecular formula is C19H25ClN6O2. The van der Waals surface area contributed by atoms with E-state index >= 15 is 0 Å². The Bertz CT molecular complexity index is 880. The van der Waals surface area contributed by atoms with E-state index in [0.717, 1.165) is 43.4 Å². The van der Waals surface area contributed by atoms with E-state index in [1.165, 1.54) is 0 Å². The molecule has 8 nitrogen and oxygen atoms in total. The van der Waals surface area contributed by atoms with Crippen LogP contribution in [0.3, 0.4) is 0 Å². The molecule has 0 bridgehead atoms. The molecule has 4 amide bonds. The molecule has 0 aromatic carbocycles. The molecule has 2 N–H and O–H groups in total. The van der Waals surface area contributed by atoms with E-state index in [2.05, 4.69) is 15.7 Å². The molecule has 9 heteroatoms. The van der Waals surface area contributed by atoms with Crippen LogP contribution in [0.25, 0.3) is 5.52 Å². The summed E-state index contributed by atoms with van der Waals surface area (Å²) in [5.74, 6) is 0. The van der Waals surface area contributed by atoms with Gasteiger partial charge in [0.25, 0.3) is 0 Å². The smallest absolute Gasteiger partial charge is 0.318 e. The third-order valence-corrected chi connectivity index (χ3v) is 5.60.